The molecule has 1 spiro atoms. The molecule has 25 heavy (non-hydrogen) atoms. The molecule has 2 heterocycles. The van der Waals surface area contributed by atoms with Gasteiger partial charge in [0.15, 0.2) is 0 Å². The predicted molar refractivity (Wildman–Crippen MR) is 90.7 cm³/mol. The van der Waals surface area contributed by atoms with E-state index in [1.807, 2.05) is 5.32 Å². The van der Waals surface area contributed by atoms with Crippen molar-refractivity contribution in [3.05, 3.63) is 23.3 Å². The van der Waals surface area contributed by atoms with Crippen LogP contribution in [-0.2, 0) is 20.8 Å². The van der Waals surface area contributed by atoms with Gasteiger partial charge < -0.3 is 15.4 Å². The number of halogens is 3. The van der Waals surface area contributed by atoms with E-state index in [2.05, 4.69) is 5.32 Å². The number of carbonyl (C=O) groups excluding carboxylic acids is 2. The molecular formula is C15H15F3N2O3S2. The molecule has 2 amide bonds. The summed E-state index contributed by atoms with van der Waals surface area (Å²) in [5.41, 5.74) is 2.06. The number of hydrogen-bond acceptors (Lipinski definition) is 5. The molecule has 2 aliphatic heterocycles. The van der Waals surface area contributed by atoms with Crippen LogP contribution in [0.2, 0.25) is 0 Å². The molecule has 0 bridgehead atoms. The zero-order valence-electron chi connectivity index (χ0n) is 13.2. The third-order valence-corrected chi connectivity index (χ3v) is 7.23. The van der Waals surface area contributed by atoms with Crippen molar-refractivity contribution in [3.8, 4) is 5.75 Å². The van der Waals surface area contributed by atoms with E-state index in [9.17, 15) is 22.8 Å². The van der Waals surface area contributed by atoms with Crippen molar-refractivity contribution in [2.24, 2.45) is 0 Å². The van der Waals surface area contributed by atoms with Crippen LogP contribution in [0.3, 0.4) is 0 Å². The molecule has 0 radical (unpaired) electrons. The maximum Gasteiger partial charge on any atom is 0.471 e. The Kier molecular flexibility index (Phi) is 4.84. The number of ether oxygens (including phenoxy) is 1. The smallest absolute Gasteiger partial charge is 0.471 e. The summed E-state index contributed by atoms with van der Waals surface area (Å²) in [4.78, 5) is 23.5. The molecule has 136 valence electrons. The maximum atomic E-state index is 12.6. The van der Waals surface area contributed by atoms with Gasteiger partial charge in [0.2, 0.25) is 5.91 Å². The van der Waals surface area contributed by atoms with Gasteiger partial charge in [-0.15, -0.1) is 0 Å². The van der Waals surface area contributed by atoms with Crippen LogP contribution in [0.1, 0.15) is 17.5 Å². The lowest BCUT2D eigenvalue weighted by atomic mass is 9.90. The Morgan fingerprint density at radius 2 is 2.20 bits per heavy atom. The number of amides is 2. The fourth-order valence-corrected chi connectivity index (χ4v) is 6.28. The highest BCUT2D eigenvalue weighted by atomic mass is 33.1. The number of hydrogen-bond donors (Lipinski definition) is 2. The lowest BCUT2D eigenvalue weighted by Crippen LogP contribution is -2.38. The second-order valence-corrected chi connectivity index (χ2v) is 8.33. The molecule has 5 nitrogen and oxygen atoms in total. The molecule has 1 unspecified atom stereocenters. The first-order chi connectivity index (χ1) is 11.8. The fourth-order valence-electron chi connectivity index (χ4n) is 3.02. The maximum absolute atomic E-state index is 12.6. The van der Waals surface area contributed by atoms with Crippen LogP contribution in [0.5, 0.6) is 5.75 Å². The molecule has 10 heteroatoms. The van der Waals surface area contributed by atoms with Gasteiger partial charge in [-0.05, 0) is 24.5 Å². The molecule has 2 N–H and O–H groups in total. The summed E-state index contributed by atoms with van der Waals surface area (Å²) in [6.07, 6.45) is -4.08. The molecule has 1 atom stereocenters. The zero-order valence-corrected chi connectivity index (χ0v) is 14.8. The number of rotatable bonds is 4. The SMILES string of the molecule is COc1ccc(CCNC(=O)C(F)(F)F)c2c1NC(=O)C21CCSS1. The Bertz CT molecular complexity index is 719. The molecule has 1 saturated heterocycles. The predicted octanol–water partition coefficient (Wildman–Crippen LogP) is 2.85. The minimum absolute atomic E-state index is 0.137. The van der Waals surface area contributed by atoms with Crippen LogP contribution >= 0.6 is 21.6 Å². The number of carbonyl (C=O) groups is 2. The highest BCUT2D eigenvalue weighted by molar-refractivity contribution is 8.77. The lowest BCUT2D eigenvalue weighted by molar-refractivity contribution is -0.173. The van der Waals surface area contributed by atoms with Gasteiger partial charge in [0.25, 0.3) is 0 Å². The van der Waals surface area contributed by atoms with Crippen LogP contribution in [0.15, 0.2) is 12.1 Å². The summed E-state index contributed by atoms with van der Waals surface area (Å²) in [5.74, 6) is -0.783. The van der Waals surface area contributed by atoms with E-state index in [1.54, 1.807) is 22.9 Å². The Balaban J connectivity index is 1.88. The third-order valence-electron chi connectivity index (χ3n) is 4.16. The molecule has 2 aliphatic rings. The summed E-state index contributed by atoms with van der Waals surface area (Å²) in [7, 11) is 4.54. The van der Waals surface area contributed by atoms with Crippen molar-refractivity contribution >= 4 is 39.1 Å². The van der Waals surface area contributed by atoms with Crippen LogP contribution in [0.25, 0.3) is 0 Å². The quantitative estimate of drug-likeness (QED) is 0.772. The lowest BCUT2D eigenvalue weighted by Gasteiger charge is -2.22. The standard InChI is InChI=1S/C15H15F3N2O3S2/c1-23-9-3-2-8(4-6-19-13(22)15(16,17)18)10-11(9)20-12(21)14(10)5-7-24-25-14/h2-3H,4-7H2,1H3,(H,19,22)(H,20,21). The van der Waals surface area contributed by atoms with Gasteiger partial charge in [0.05, 0.1) is 12.8 Å². The average Bonchev–Trinajstić information content (AvgIpc) is 3.14. The second kappa shape index (κ2) is 6.64. The average molecular weight is 392 g/mol. The van der Waals surface area contributed by atoms with Gasteiger partial charge in [0.1, 0.15) is 10.5 Å². The van der Waals surface area contributed by atoms with Gasteiger partial charge in [0, 0.05) is 17.9 Å². The van der Waals surface area contributed by atoms with E-state index in [0.29, 0.717) is 17.9 Å². The van der Waals surface area contributed by atoms with Gasteiger partial charge in [-0.2, -0.15) is 13.2 Å². The first kappa shape index (κ1) is 18.2. The first-order valence-corrected chi connectivity index (χ1v) is 9.79. The largest absolute Gasteiger partial charge is 0.495 e. The highest BCUT2D eigenvalue weighted by Crippen LogP contribution is 2.60. The Morgan fingerprint density at radius 1 is 1.44 bits per heavy atom. The highest BCUT2D eigenvalue weighted by Gasteiger charge is 2.52. The molecule has 0 saturated carbocycles. The number of methoxy groups -OCH3 is 1. The normalized spacial score (nSPS) is 22.0. The Labute approximate surface area is 149 Å². The van der Waals surface area contributed by atoms with Crippen molar-refractivity contribution < 1.29 is 27.5 Å². The molecule has 1 fully saturated rings. The zero-order chi connectivity index (χ0) is 18.2. The van der Waals surface area contributed by atoms with Gasteiger partial charge in [-0.3, -0.25) is 9.59 Å². The summed E-state index contributed by atoms with van der Waals surface area (Å²) in [6, 6.07) is 3.41. The summed E-state index contributed by atoms with van der Waals surface area (Å²) >= 11 is 0. The van der Waals surface area contributed by atoms with Crippen LogP contribution in [-0.4, -0.2) is 37.4 Å². The first-order valence-electron chi connectivity index (χ1n) is 7.47. The van der Waals surface area contributed by atoms with E-state index in [1.165, 1.54) is 17.9 Å². The minimum atomic E-state index is -4.90. The van der Waals surface area contributed by atoms with Crippen LogP contribution in [0.4, 0.5) is 18.9 Å². The number of alkyl halides is 3. The molecule has 3 rings (SSSR count). The Hall–Kier alpha value is -1.55. The molecule has 1 aromatic carbocycles. The summed E-state index contributed by atoms with van der Waals surface area (Å²) in [6.45, 7) is -0.167. The van der Waals surface area contributed by atoms with Crippen LogP contribution < -0.4 is 15.4 Å². The van der Waals surface area contributed by atoms with Crippen molar-refractivity contribution in [1.82, 2.24) is 5.32 Å². The van der Waals surface area contributed by atoms with E-state index < -0.39 is 16.8 Å². The number of benzene rings is 1. The van der Waals surface area contributed by atoms with Crippen molar-refractivity contribution in [2.45, 2.75) is 23.8 Å². The van der Waals surface area contributed by atoms with E-state index in [0.717, 1.165) is 16.9 Å². The topological polar surface area (TPSA) is 67.4 Å². The van der Waals surface area contributed by atoms with Crippen molar-refractivity contribution in [3.63, 3.8) is 0 Å². The molecule has 0 aromatic heterocycles. The summed E-state index contributed by atoms with van der Waals surface area (Å²) < 4.78 is 41.4. The van der Waals surface area contributed by atoms with Gasteiger partial charge in [-0.25, -0.2) is 0 Å². The van der Waals surface area contributed by atoms with Gasteiger partial charge >= 0.3 is 12.1 Å². The van der Waals surface area contributed by atoms with E-state index >= 15 is 0 Å². The monoisotopic (exact) mass is 392 g/mol. The van der Waals surface area contributed by atoms with Gasteiger partial charge in [-0.1, -0.05) is 27.7 Å². The molecular weight excluding hydrogens is 377 g/mol. The van der Waals surface area contributed by atoms with Crippen molar-refractivity contribution in [2.75, 3.05) is 24.7 Å². The fraction of sp³-hybridized carbons (Fsp3) is 0.467. The molecule has 1 aromatic rings. The third kappa shape index (κ3) is 3.17. The summed E-state index contributed by atoms with van der Waals surface area (Å²) in [5, 5.41) is 4.72. The van der Waals surface area contributed by atoms with Crippen LogP contribution in [0, 0.1) is 0 Å². The number of fused-ring (bicyclic) bond motifs is 2. The minimum Gasteiger partial charge on any atom is -0.495 e. The number of nitrogens with one attached hydrogen (secondary N) is 2. The van der Waals surface area contributed by atoms with Crippen molar-refractivity contribution in [1.29, 1.82) is 0 Å². The number of anilines is 1. The molecule has 0 aliphatic carbocycles. The Morgan fingerprint density at radius 3 is 2.80 bits per heavy atom. The van der Waals surface area contributed by atoms with E-state index in [-0.39, 0.29) is 18.9 Å². The second-order valence-electron chi connectivity index (χ2n) is 5.62. The van der Waals surface area contributed by atoms with E-state index in [4.69, 9.17) is 4.74 Å².